The van der Waals surface area contributed by atoms with Crippen LogP contribution in [0.5, 0.6) is 0 Å². The van der Waals surface area contributed by atoms with E-state index >= 15 is 0 Å². The molecule has 1 aliphatic heterocycles. The van der Waals surface area contributed by atoms with E-state index in [4.69, 9.17) is 14.3 Å². The average Bonchev–Trinajstić information content (AvgIpc) is 3.24. The zero-order chi connectivity index (χ0) is 16.2. The lowest BCUT2D eigenvalue weighted by Crippen LogP contribution is -2.41. The Labute approximate surface area is 127 Å². The summed E-state index contributed by atoms with van der Waals surface area (Å²) in [5.41, 5.74) is -1.37. The molecule has 0 amide bonds. The summed E-state index contributed by atoms with van der Waals surface area (Å²) in [5, 5.41) is 0.984. The van der Waals surface area contributed by atoms with Gasteiger partial charge in [0.05, 0.1) is 25.3 Å². The van der Waals surface area contributed by atoms with E-state index in [1.54, 1.807) is 44.2 Å². The van der Waals surface area contributed by atoms with Gasteiger partial charge in [0.1, 0.15) is 0 Å². The quantitative estimate of drug-likeness (QED) is 0.439. The van der Waals surface area contributed by atoms with Crippen LogP contribution < -0.4 is 0 Å². The van der Waals surface area contributed by atoms with Gasteiger partial charge in [0.15, 0.2) is 0 Å². The maximum atomic E-state index is 12.0. The summed E-state index contributed by atoms with van der Waals surface area (Å²) in [4.78, 5) is 41.1. The molecule has 7 heteroatoms. The molecule has 1 saturated heterocycles. The first kappa shape index (κ1) is 16.0. The highest BCUT2D eigenvalue weighted by Gasteiger charge is 2.70. The number of ether oxygens (including phenoxy) is 2. The van der Waals surface area contributed by atoms with Crippen LogP contribution in [0.4, 0.5) is 0 Å². The van der Waals surface area contributed by atoms with Crippen molar-refractivity contribution in [3.8, 4) is 0 Å². The van der Waals surface area contributed by atoms with Gasteiger partial charge in [-0.25, -0.2) is 14.4 Å². The molecule has 0 aromatic heterocycles. The van der Waals surface area contributed by atoms with Gasteiger partial charge in [0.25, 0.3) is 5.54 Å². The first-order chi connectivity index (χ1) is 10.6. The Morgan fingerprint density at radius 2 is 1.59 bits per heavy atom. The summed E-state index contributed by atoms with van der Waals surface area (Å²) in [7, 11) is 0. The highest BCUT2D eigenvalue weighted by atomic mass is 16.7. The third kappa shape index (κ3) is 2.94. The number of esters is 2. The molecule has 1 heterocycles. The third-order valence-corrected chi connectivity index (χ3v) is 3.12. The summed E-state index contributed by atoms with van der Waals surface area (Å²) in [6.07, 6.45) is 0. The van der Waals surface area contributed by atoms with Gasteiger partial charge in [-0.1, -0.05) is 18.2 Å². The summed E-state index contributed by atoms with van der Waals surface area (Å²) in [5.74, 6) is -2.22. The lowest BCUT2D eigenvalue weighted by Gasteiger charge is -2.14. The smallest absolute Gasteiger partial charge is 0.357 e. The topological polar surface area (TPSA) is 81.9 Å². The molecule has 22 heavy (non-hydrogen) atoms. The predicted octanol–water partition coefficient (Wildman–Crippen LogP) is 0.939. The molecule has 1 atom stereocenters. The summed E-state index contributed by atoms with van der Waals surface area (Å²) in [6, 6.07) is 8.27. The van der Waals surface area contributed by atoms with Crippen molar-refractivity contribution in [3.63, 3.8) is 0 Å². The minimum absolute atomic E-state index is 0.0801. The fourth-order valence-electron chi connectivity index (χ4n) is 1.93. The van der Waals surface area contributed by atoms with E-state index < -0.39 is 23.4 Å². The second-order valence-electron chi connectivity index (χ2n) is 4.58. The minimum atomic E-state index is -1.68. The zero-order valence-corrected chi connectivity index (χ0v) is 12.4. The van der Waals surface area contributed by atoms with Crippen LogP contribution in [-0.4, -0.2) is 48.3 Å². The molecule has 1 fully saturated rings. The van der Waals surface area contributed by atoms with Crippen LogP contribution in [0.3, 0.4) is 0 Å². The van der Waals surface area contributed by atoms with Crippen LogP contribution >= 0.6 is 0 Å². The van der Waals surface area contributed by atoms with Gasteiger partial charge in [-0.3, -0.25) is 0 Å². The van der Waals surface area contributed by atoms with Crippen molar-refractivity contribution in [1.29, 1.82) is 0 Å². The fourth-order valence-corrected chi connectivity index (χ4v) is 1.93. The molecular weight excluding hydrogens is 290 g/mol. The van der Waals surface area contributed by atoms with Crippen LogP contribution in [0.2, 0.25) is 0 Å². The number of carbonyl (C=O) groups is 3. The second-order valence-corrected chi connectivity index (χ2v) is 4.58. The number of hydrogen-bond acceptors (Lipinski definition) is 7. The Morgan fingerprint density at radius 3 is 2.09 bits per heavy atom. The van der Waals surface area contributed by atoms with Gasteiger partial charge in [0, 0.05) is 0 Å². The van der Waals surface area contributed by atoms with Crippen molar-refractivity contribution in [2.75, 3.05) is 19.8 Å². The average molecular weight is 307 g/mol. The summed E-state index contributed by atoms with van der Waals surface area (Å²) >= 11 is 0. The first-order valence-electron chi connectivity index (χ1n) is 6.95. The van der Waals surface area contributed by atoms with E-state index in [9.17, 15) is 14.4 Å². The van der Waals surface area contributed by atoms with E-state index in [0.29, 0.717) is 5.56 Å². The highest BCUT2D eigenvalue weighted by molar-refractivity contribution is 6.08. The number of hydroxylamine groups is 2. The molecule has 0 aliphatic carbocycles. The highest BCUT2D eigenvalue weighted by Crippen LogP contribution is 2.36. The molecule has 118 valence electrons. The molecular formula is C15H17NO6. The molecule has 1 aromatic rings. The van der Waals surface area contributed by atoms with Crippen LogP contribution in [-0.2, 0) is 23.9 Å². The van der Waals surface area contributed by atoms with E-state index in [1.165, 1.54) is 0 Å². The van der Waals surface area contributed by atoms with Gasteiger partial charge in [-0.05, 0) is 26.0 Å². The molecule has 1 aliphatic rings. The molecule has 7 nitrogen and oxygen atoms in total. The number of rotatable bonds is 6. The van der Waals surface area contributed by atoms with E-state index in [-0.39, 0.29) is 19.8 Å². The van der Waals surface area contributed by atoms with Crippen molar-refractivity contribution >= 4 is 17.9 Å². The van der Waals surface area contributed by atoms with Crippen molar-refractivity contribution < 1.29 is 28.7 Å². The number of hydrogen-bond donors (Lipinski definition) is 0. The van der Waals surface area contributed by atoms with E-state index in [0.717, 1.165) is 5.06 Å². The van der Waals surface area contributed by atoms with E-state index in [2.05, 4.69) is 0 Å². The Hall–Kier alpha value is -2.41. The third-order valence-electron chi connectivity index (χ3n) is 3.12. The van der Waals surface area contributed by atoms with Crippen LogP contribution in [0.15, 0.2) is 30.3 Å². The Balaban J connectivity index is 2.10. The zero-order valence-electron chi connectivity index (χ0n) is 12.4. The summed E-state index contributed by atoms with van der Waals surface area (Å²) in [6.45, 7) is 3.39. The Morgan fingerprint density at radius 1 is 1.05 bits per heavy atom. The number of nitrogens with zero attached hydrogens (tertiary/aromatic N) is 1. The molecule has 1 unspecified atom stereocenters. The van der Waals surface area contributed by atoms with Gasteiger partial charge in [-0.2, -0.15) is 0 Å². The van der Waals surface area contributed by atoms with Crippen LogP contribution in [0, 0.1) is 0 Å². The molecule has 1 aromatic carbocycles. The summed E-state index contributed by atoms with van der Waals surface area (Å²) < 4.78 is 9.76. The molecule has 0 spiro atoms. The molecule has 0 bridgehead atoms. The lowest BCUT2D eigenvalue weighted by molar-refractivity contribution is -0.167. The maximum absolute atomic E-state index is 12.0. The predicted molar refractivity (Wildman–Crippen MR) is 74.6 cm³/mol. The second kappa shape index (κ2) is 6.57. The van der Waals surface area contributed by atoms with Gasteiger partial charge in [-0.15, -0.1) is 5.06 Å². The van der Waals surface area contributed by atoms with Crippen LogP contribution in [0.1, 0.15) is 24.2 Å². The first-order valence-corrected chi connectivity index (χ1v) is 6.95. The monoisotopic (exact) mass is 307 g/mol. The fraction of sp³-hybridized carbons (Fsp3) is 0.400. The molecule has 2 rings (SSSR count). The van der Waals surface area contributed by atoms with Crippen molar-refractivity contribution in [2.24, 2.45) is 0 Å². The number of benzene rings is 1. The largest absolute Gasteiger partial charge is 0.464 e. The Kier molecular flexibility index (Phi) is 4.77. The van der Waals surface area contributed by atoms with Crippen molar-refractivity contribution in [2.45, 2.75) is 19.4 Å². The molecule has 0 radical (unpaired) electrons. The van der Waals surface area contributed by atoms with Gasteiger partial charge in [0.2, 0.25) is 0 Å². The van der Waals surface area contributed by atoms with Gasteiger partial charge < -0.3 is 14.3 Å². The van der Waals surface area contributed by atoms with Crippen molar-refractivity contribution in [3.05, 3.63) is 35.9 Å². The standard InChI is InChI=1S/C15H17NO6/c1-3-20-13(18)15(14(19)21-4-2)10-16(15)22-12(17)11-8-6-5-7-9-11/h5-9H,3-4,10H2,1-2H3. The Bertz CT molecular complexity index is 553. The van der Waals surface area contributed by atoms with Gasteiger partial charge >= 0.3 is 17.9 Å². The molecule has 0 saturated carbocycles. The van der Waals surface area contributed by atoms with E-state index in [1.807, 2.05) is 0 Å². The minimum Gasteiger partial charge on any atom is -0.464 e. The van der Waals surface area contributed by atoms with Crippen LogP contribution in [0.25, 0.3) is 0 Å². The number of carbonyl (C=O) groups excluding carboxylic acids is 3. The molecule has 0 N–H and O–H groups in total. The normalized spacial score (nSPS) is 18.2. The SMILES string of the molecule is CCOC(=O)C1(C(=O)OCC)CN1OC(=O)c1ccccc1. The lowest BCUT2D eigenvalue weighted by atomic mass is 10.1. The van der Waals surface area contributed by atoms with Crippen molar-refractivity contribution in [1.82, 2.24) is 5.06 Å². The maximum Gasteiger partial charge on any atom is 0.357 e.